The van der Waals surface area contributed by atoms with Crippen molar-refractivity contribution in [3.63, 3.8) is 0 Å². The monoisotopic (exact) mass is 173 g/mol. The zero-order valence-corrected chi connectivity index (χ0v) is 6.81. The number of nitrogens with zero attached hydrogens (tertiary/aromatic N) is 1. The minimum atomic E-state index is -0.521. The third-order valence-corrected chi connectivity index (χ3v) is 1.79. The Morgan fingerprint density at radius 2 is 2.23 bits per heavy atom. The molecule has 0 aliphatic carbocycles. The highest BCUT2D eigenvalue weighted by atomic mass is 16.5. The minimum absolute atomic E-state index is 0.521. The molecule has 0 amide bonds. The second-order valence-corrected chi connectivity index (χ2v) is 2.63. The number of hydrogen-bond donors (Lipinski definition) is 0. The standard InChI is InChI=1S/C10H7NO2/c12-7-11-10-6-5-8-3-1-2-4-9(8)13-10/h1-6,10H. The Hall–Kier alpha value is -1.86. The summed E-state index contributed by atoms with van der Waals surface area (Å²) in [6.07, 6.45) is 4.54. The van der Waals surface area contributed by atoms with Gasteiger partial charge in [-0.1, -0.05) is 18.2 Å². The molecule has 0 radical (unpaired) electrons. The number of hydrogen-bond acceptors (Lipinski definition) is 3. The number of isocyanates is 1. The first-order valence-corrected chi connectivity index (χ1v) is 3.91. The van der Waals surface area contributed by atoms with E-state index in [0.717, 1.165) is 11.3 Å². The molecule has 64 valence electrons. The molecule has 1 aliphatic rings. The molecule has 13 heavy (non-hydrogen) atoms. The zero-order valence-electron chi connectivity index (χ0n) is 6.81. The van der Waals surface area contributed by atoms with Gasteiger partial charge in [0.25, 0.3) is 0 Å². The number of benzene rings is 1. The SMILES string of the molecule is O=C=NC1C=Cc2ccccc2O1. The molecule has 0 saturated heterocycles. The fraction of sp³-hybridized carbons (Fsp3) is 0.100. The summed E-state index contributed by atoms with van der Waals surface area (Å²) in [5.74, 6) is 0.744. The molecule has 1 unspecified atom stereocenters. The van der Waals surface area contributed by atoms with Crippen molar-refractivity contribution in [1.29, 1.82) is 0 Å². The van der Waals surface area contributed by atoms with Gasteiger partial charge in [0.15, 0.2) is 0 Å². The summed E-state index contributed by atoms with van der Waals surface area (Å²) < 4.78 is 5.36. The Morgan fingerprint density at radius 3 is 3.08 bits per heavy atom. The highest BCUT2D eigenvalue weighted by Crippen LogP contribution is 2.25. The average Bonchev–Trinajstić information content (AvgIpc) is 2.18. The molecule has 3 nitrogen and oxygen atoms in total. The van der Waals surface area contributed by atoms with Crippen LogP contribution >= 0.6 is 0 Å². The molecule has 2 rings (SSSR count). The smallest absolute Gasteiger partial charge is 0.238 e. The van der Waals surface area contributed by atoms with Gasteiger partial charge in [0.05, 0.1) is 0 Å². The van der Waals surface area contributed by atoms with Crippen LogP contribution in [0.2, 0.25) is 0 Å². The average molecular weight is 173 g/mol. The van der Waals surface area contributed by atoms with Gasteiger partial charge in [-0.3, -0.25) is 0 Å². The summed E-state index contributed by atoms with van der Waals surface area (Å²) in [5, 5.41) is 0. The molecule has 0 saturated carbocycles. The van der Waals surface area contributed by atoms with Crippen LogP contribution in [0.4, 0.5) is 0 Å². The van der Waals surface area contributed by atoms with E-state index in [2.05, 4.69) is 4.99 Å². The first-order chi connectivity index (χ1) is 6.40. The Morgan fingerprint density at radius 1 is 1.38 bits per heavy atom. The van der Waals surface area contributed by atoms with Gasteiger partial charge >= 0.3 is 0 Å². The van der Waals surface area contributed by atoms with Crippen molar-refractivity contribution in [2.24, 2.45) is 4.99 Å². The predicted molar refractivity (Wildman–Crippen MR) is 48.0 cm³/mol. The molecule has 3 heteroatoms. The van der Waals surface area contributed by atoms with E-state index in [1.807, 2.05) is 30.3 Å². The topological polar surface area (TPSA) is 38.7 Å². The minimum Gasteiger partial charge on any atom is -0.464 e. The van der Waals surface area contributed by atoms with Gasteiger partial charge in [0.1, 0.15) is 5.75 Å². The van der Waals surface area contributed by atoms with Crippen LogP contribution < -0.4 is 4.74 Å². The van der Waals surface area contributed by atoms with E-state index >= 15 is 0 Å². The van der Waals surface area contributed by atoms with Crippen molar-refractivity contribution in [3.8, 4) is 5.75 Å². The van der Waals surface area contributed by atoms with Crippen molar-refractivity contribution in [2.45, 2.75) is 6.23 Å². The third kappa shape index (κ3) is 1.50. The Bertz CT molecular complexity index is 392. The molecular weight excluding hydrogens is 166 g/mol. The molecule has 1 heterocycles. The fourth-order valence-corrected chi connectivity index (χ4v) is 1.20. The van der Waals surface area contributed by atoms with Gasteiger partial charge in [0, 0.05) is 5.56 Å². The normalized spacial score (nSPS) is 18.3. The van der Waals surface area contributed by atoms with E-state index < -0.39 is 6.23 Å². The molecule has 0 spiro atoms. The lowest BCUT2D eigenvalue weighted by Crippen LogP contribution is -2.13. The van der Waals surface area contributed by atoms with Gasteiger partial charge in [0.2, 0.25) is 12.3 Å². The second kappa shape index (κ2) is 3.25. The molecule has 1 aromatic carbocycles. The zero-order chi connectivity index (χ0) is 9.10. The number of carbonyl (C=O) groups excluding carboxylic acids is 1. The van der Waals surface area contributed by atoms with Crippen LogP contribution in [-0.2, 0) is 4.79 Å². The van der Waals surface area contributed by atoms with Crippen LogP contribution in [0.5, 0.6) is 5.75 Å². The Kier molecular flexibility index (Phi) is 1.94. The largest absolute Gasteiger partial charge is 0.464 e. The molecule has 0 aromatic heterocycles. The Labute approximate surface area is 75.4 Å². The van der Waals surface area contributed by atoms with E-state index in [4.69, 9.17) is 4.74 Å². The molecule has 1 aliphatic heterocycles. The predicted octanol–water partition coefficient (Wildman–Crippen LogP) is 1.75. The van der Waals surface area contributed by atoms with Gasteiger partial charge in [-0.2, -0.15) is 4.99 Å². The molecular formula is C10H7NO2. The number of aliphatic imine (C=N–C) groups is 1. The summed E-state index contributed by atoms with van der Waals surface area (Å²) in [4.78, 5) is 13.4. The van der Waals surface area contributed by atoms with Crippen LogP contribution in [-0.4, -0.2) is 12.3 Å². The highest BCUT2D eigenvalue weighted by Gasteiger charge is 2.11. The Balaban J connectivity index is 2.33. The van der Waals surface area contributed by atoms with Crippen molar-refractivity contribution in [1.82, 2.24) is 0 Å². The highest BCUT2D eigenvalue weighted by molar-refractivity contribution is 5.59. The van der Waals surface area contributed by atoms with E-state index in [0.29, 0.717) is 0 Å². The molecule has 1 aromatic rings. The van der Waals surface area contributed by atoms with E-state index in [-0.39, 0.29) is 0 Å². The van der Waals surface area contributed by atoms with Crippen molar-refractivity contribution in [2.75, 3.05) is 0 Å². The van der Waals surface area contributed by atoms with Crippen molar-refractivity contribution < 1.29 is 9.53 Å². The lowest BCUT2D eigenvalue weighted by Gasteiger charge is -2.16. The number of ether oxygens (including phenoxy) is 1. The van der Waals surface area contributed by atoms with E-state index in [9.17, 15) is 4.79 Å². The maximum absolute atomic E-state index is 9.98. The summed E-state index contributed by atoms with van der Waals surface area (Å²) in [6, 6.07) is 7.58. The first kappa shape index (κ1) is 7.77. The summed E-state index contributed by atoms with van der Waals surface area (Å²) >= 11 is 0. The van der Waals surface area contributed by atoms with Crippen LogP contribution in [0, 0.1) is 0 Å². The van der Waals surface area contributed by atoms with Crippen LogP contribution in [0.25, 0.3) is 6.08 Å². The van der Waals surface area contributed by atoms with Crippen LogP contribution in [0.3, 0.4) is 0 Å². The molecule has 0 bridgehead atoms. The maximum Gasteiger partial charge on any atom is 0.238 e. The third-order valence-electron chi connectivity index (χ3n) is 1.79. The van der Waals surface area contributed by atoms with Gasteiger partial charge in [-0.05, 0) is 18.2 Å². The summed E-state index contributed by atoms with van der Waals surface area (Å²) in [6.45, 7) is 0. The molecule has 0 N–H and O–H groups in total. The fourth-order valence-electron chi connectivity index (χ4n) is 1.20. The van der Waals surface area contributed by atoms with E-state index in [1.54, 1.807) is 6.08 Å². The van der Waals surface area contributed by atoms with E-state index in [1.165, 1.54) is 6.08 Å². The van der Waals surface area contributed by atoms with Crippen LogP contribution in [0.15, 0.2) is 35.3 Å². The van der Waals surface area contributed by atoms with Gasteiger partial charge in [-0.15, -0.1) is 0 Å². The lowest BCUT2D eigenvalue weighted by atomic mass is 10.1. The number of rotatable bonds is 1. The maximum atomic E-state index is 9.98. The van der Waals surface area contributed by atoms with Crippen molar-refractivity contribution >= 4 is 12.2 Å². The van der Waals surface area contributed by atoms with Gasteiger partial charge in [-0.25, -0.2) is 4.79 Å². The molecule has 0 fully saturated rings. The van der Waals surface area contributed by atoms with Crippen LogP contribution in [0.1, 0.15) is 5.56 Å². The summed E-state index contributed by atoms with van der Waals surface area (Å²) in [7, 11) is 0. The second-order valence-electron chi connectivity index (χ2n) is 2.63. The number of fused-ring (bicyclic) bond motifs is 1. The first-order valence-electron chi connectivity index (χ1n) is 3.91. The summed E-state index contributed by atoms with van der Waals surface area (Å²) in [5.41, 5.74) is 1.000. The number of para-hydroxylation sites is 1. The molecule has 1 atom stereocenters. The van der Waals surface area contributed by atoms with Gasteiger partial charge < -0.3 is 4.74 Å². The van der Waals surface area contributed by atoms with Crippen molar-refractivity contribution in [3.05, 3.63) is 35.9 Å². The lowest BCUT2D eigenvalue weighted by molar-refractivity contribution is 0.255. The quantitative estimate of drug-likeness (QED) is 0.479.